The summed E-state index contributed by atoms with van der Waals surface area (Å²) in [5.41, 5.74) is 1.95. The smallest absolute Gasteiger partial charge is 0.173 e. The normalized spacial score (nSPS) is 16.2. The van der Waals surface area contributed by atoms with Gasteiger partial charge in [-0.25, -0.2) is 0 Å². The molecule has 0 unspecified atom stereocenters. The van der Waals surface area contributed by atoms with Gasteiger partial charge >= 0.3 is 0 Å². The fourth-order valence-electron chi connectivity index (χ4n) is 2.23. The number of benzene rings is 1. The van der Waals surface area contributed by atoms with E-state index in [0.29, 0.717) is 5.75 Å². The molecule has 1 saturated heterocycles. The Morgan fingerprint density at radius 2 is 1.90 bits per heavy atom. The maximum atomic E-state index is 12.1. The third-order valence-electron chi connectivity index (χ3n) is 3.74. The van der Waals surface area contributed by atoms with Crippen LogP contribution in [0.25, 0.3) is 0 Å². The number of aryl methyl sites for hydroxylation is 1. The van der Waals surface area contributed by atoms with Gasteiger partial charge in [0.15, 0.2) is 5.78 Å². The second kappa shape index (κ2) is 7.23. The maximum Gasteiger partial charge on any atom is 0.173 e. The van der Waals surface area contributed by atoms with E-state index >= 15 is 0 Å². The number of ketones is 1. The van der Waals surface area contributed by atoms with Crippen molar-refractivity contribution in [3.8, 4) is 0 Å². The predicted octanol–water partition coefficient (Wildman–Crippen LogP) is 3.93. The Hall–Kier alpha value is -0.870. The Morgan fingerprint density at radius 3 is 2.50 bits per heavy atom. The van der Waals surface area contributed by atoms with E-state index in [1.54, 1.807) is 0 Å². The Labute approximate surface area is 130 Å². The second-order valence-electron chi connectivity index (χ2n) is 5.51. The molecule has 1 aromatic rings. The van der Waals surface area contributed by atoms with E-state index < -0.39 is 0 Å². The summed E-state index contributed by atoms with van der Waals surface area (Å²) in [5, 5.41) is 0. The highest BCUT2D eigenvalue weighted by Crippen LogP contribution is 2.20. The van der Waals surface area contributed by atoms with Crippen molar-refractivity contribution in [1.29, 1.82) is 0 Å². The molecule has 0 radical (unpaired) electrons. The lowest BCUT2D eigenvalue weighted by molar-refractivity contribution is 0.102. The standard InChI is InChI=1S/C16H21NOS2/c1-12-3-5-14(6-4-12)15(18)11-20-16(19)17-9-7-13(2)8-10-17/h3-6,13H,7-11H2,1-2H3. The van der Waals surface area contributed by atoms with Gasteiger partial charge in [-0.1, -0.05) is 60.7 Å². The summed E-state index contributed by atoms with van der Waals surface area (Å²) in [6.45, 7) is 6.38. The van der Waals surface area contributed by atoms with E-state index in [1.165, 1.54) is 30.2 Å². The highest BCUT2D eigenvalue weighted by Gasteiger charge is 2.18. The molecule has 1 aliphatic rings. The average molecular weight is 307 g/mol. The Bertz CT molecular complexity index is 476. The van der Waals surface area contributed by atoms with Gasteiger partial charge in [0.2, 0.25) is 0 Å². The molecule has 2 rings (SSSR count). The van der Waals surface area contributed by atoms with Crippen molar-refractivity contribution >= 4 is 34.1 Å². The molecule has 0 aromatic heterocycles. The van der Waals surface area contributed by atoms with Crippen molar-refractivity contribution in [3.05, 3.63) is 35.4 Å². The molecular formula is C16H21NOS2. The van der Waals surface area contributed by atoms with Crippen LogP contribution in [-0.4, -0.2) is 33.8 Å². The molecule has 4 heteroatoms. The third kappa shape index (κ3) is 4.32. The van der Waals surface area contributed by atoms with Gasteiger partial charge in [-0.15, -0.1) is 0 Å². The van der Waals surface area contributed by atoms with Crippen molar-refractivity contribution in [3.63, 3.8) is 0 Å². The zero-order valence-corrected chi connectivity index (χ0v) is 13.7. The Morgan fingerprint density at radius 1 is 1.30 bits per heavy atom. The number of nitrogens with zero attached hydrogens (tertiary/aromatic N) is 1. The van der Waals surface area contributed by atoms with Crippen LogP contribution in [0.1, 0.15) is 35.7 Å². The first-order valence-corrected chi connectivity index (χ1v) is 8.47. The number of rotatable bonds is 3. The SMILES string of the molecule is Cc1ccc(C(=O)CSC(=S)N2CCC(C)CC2)cc1. The highest BCUT2D eigenvalue weighted by molar-refractivity contribution is 8.23. The van der Waals surface area contributed by atoms with Gasteiger partial charge in [0.25, 0.3) is 0 Å². The molecular weight excluding hydrogens is 286 g/mol. The molecule has 1 heterocycles. The molecule has 108 valence electrons. The van der Waals surface area contributed by atoms with Gasteiger partial charge in [-0.3, -0.25) is 4.79 Å². The fourth-order valence-corrected chi connectivity index (χ4v) is 3.38. The molecule has 20 heavy (non-hydrogen) atoms. The molecule has 1 fully saturated rings. The van der Waals surface area contributed by atoms with Crippen LogP contribution in [0.4, 0.5) is 0 Å². The van der Waals surface area contributed by atoms with Crippen molar-refractivity contribution in [2.24, 2.45) is 5.92 Å². The average Bonchev–Trinajstić information content (AvgIpc) is 2.46. The van der Waals surface area contributed by atoms with E-state index in [-0.39, 0.29) is 5.78 Å². The molecule has 1 aliphatic heterocycles. The molecule has 0 bridgehead atoms. The minimum absolute atomic E-state index is 0.155. The summed E-state index contributed by atoms with van der Waals surface area (Å²) in [5.74, 6) is 1.39. The molecule has 0 amide bonds. The Balaban J connectivity index is 1.81. The first kappa shape index (κ1) is 15.5. The summed E-state index contributed by atoms with van der Waals surface area (Å²) < 4.78 is 0.873. The zero-order valence-electron chi connectivity index (χ0n) is 12.1. The number of Topliss-reactive ketones (excluding diaryl/α,β-unsaturated/α-hetero) is 1. The van der Waals surface area contributed by atoms with Gasteiger partial charge in [-0.05, 0) is 25.7 Å². The van der Waals surface area contributed by atoms with E-state index in [0.717, 1.165) is 28.9 Å². The maximum absolute atomic E-state index is 12.1. The third-order valence-corrected chi connectivity index (χ3v) is 5.27. The summed E-state index contributed by atoms with van der Waals surface area (Å²) in [4.78, 5) is 14.3. The fraction of sp³-hybridized carbons (Fsp3) is 0.500. The van der Waals surface area contributed by atoms with Crippen molar-refractivity contribution in [2.75, 3.05) is 18.8 Å². The number of hydrogen-bond donors (Lipinski definition) is 0. The van der Waals surface area contributed by atoms with Crippen LogP contribution in [0.15, 0.2) is 24.3 Å². The number of likely N-dealkylation sites (tertiary alicyclic amines) is 1. The van der Waals surface area contributed by atoms with Crippen LogP contribution in [-0.2, 0) is 0 Å². The summed E-state index contributed by atoms with van der Waals surface area (Å²) >= 11 is 6.94. The number of carbonyl (C=O) groups excluding carboxylic acids is 1. The summed E-state index contributed by atoms with van der Waals surface area (Å²) in [6, 6.07) is 7.73. The van der Waals surface area contributed by atoms with Crippen LogP contribution in [0.5, 0.6) is 0 Å². The summed E-state index contributed by atoms with van der Waals surface area (Å²) in [6.07, 6.45) is 2.40. The van der Waals surface area contributed by atoms with Crippen molar-refractivity contribution < 1.29 is 4.79 Å². The van der Waals surface area contributed by atoms with Crippen LogP contribution in [0.3, 0.4) is 0 Å². The molecule has 0 saturated carbocycles. The van der Waals surface area contributed by atoms with E-state index in [1.807, 2.05) is 31.2 Å². The minimum atomic E-state index is 0.155. The largest absolute Gasteiger partial charge is 0.357 e. The first-order chi connectivity index (χ1) is 9.56. The second-order valence-corrected chi connectivity index (χ2v) is 7.12. The highest BCUT2D eigenvalue weighted by atomic mass is 32.2. The van der Waals surface area contributed by atoms with Crippen LogP contribution in [0.2, 0.25) is 0 Å². The van der Waals surface area contributed by atoms with Crippen LogP contribution >= 0.6 is 24.0 Å². The molecule has 1 aromatic carbocycles. The predicted molar refractivity (Wildman–Crippen MR) is 90.5 cm³/mol. The number of hydrogen-bond acceptors (Lipinski definition) is 3. The van der Waals surface area contributed by atoms with E-state index in [9.17, 15) is 4.79 Å². The van der Waals surface area contributed by atoms with Gasteiger partial charge in [0.1, 0.15) is 4.32 Å². The Kier molecular flexibility index (Phi) is 5.61. The lowest BCUT2D eigenvalue weighted by Crippen LogP contribution is -2.35. The monoisotopic (exact) mass is 307 g/mol. The van der Waals surface area contributed by atoms with Crippen molar-refractivity contribution in [1.82, 2.24) is 4.90 Å². The lowest BCUT2D eigenvalue weighted by Gasteiger charge is -2.31. The van der Waals surface area contributed by atoms with E-state index in [4.69, 9.17) is 12.2 Å². The number of piperidine rings is 1. The number of carbonyl (C=O) groups is 1. The number of thioether (sulfide) groups is 1. The van der Waals surface area contributed by atoms with Gasteiger partial charge < -0.3 is 4.90 Å². The number of thiocarbonyl (C=S) groups is 1. The summed E-state index contributed by atoms with van der Waals surface area (Å²) in [7, 11) is 0. The molecule has 0 spiro atoms. The van der Waals surface area contributed by atoms with Gasteiger partial charge in [-0.2, -0.15) is 0 Å². The first-order valence-electron chi connectivity index (χ1n) is 7.08. The van der Waals surface area contributed by atoms with Crippen LogP contribution in [0, 0.1) is 12.8 Å². The molecule has 0 aliphatic carbocycles. The lowest BCUT2D eigenvalue weighted by atomic mass is 10.00. The zero-order chi connectivity index (χ0) is 14.5. The van der Waals surface area contributed by atoms with Crippen LogP contribution < -0.4 is 0 Å². The molecule has 0 N–H and O–H groups in total. The quantitative estimate of drug-likeness (QED) is 0.622. The molecule has 0 atom stereocenters. The molecule has 2 nitrogen and oxygen atoms in total. The minimum Gasteiger partial charge on any atom is -0.357 e. The van der Waals surface area contributed by atoms with Gasteiger partial charge in [0.05, 0.1) is 5.75 Å². The van der Waals surface area contributed by atoms with Gasteiger partial charge in [0, 0.05) is 18.7 Å². The topological polar surface area (TPSA) is 20.3 Å². The van der Waals surface area contributed by atoms with E-state index in [2.05, 4.69) is 11.8 Å². The van der Waals surface area contributed by atoms with Crippen molar-refractivity contribution in [2.45, 2.75) is 26.7 Å².